The maximum absolute atomic E-state index is 13.8. The lowest BCUT2D eigenvalue weighted by Crippen LogP contribution is -2.48. The summed E-state index contributed by atoms with van der Waals surface area (Å²) in [6.45, 7) is 6.59. The number of rotatable bonds is 8. The maximum Gasteiger partial charge on any atom is 0.254 e. The van der Waals surface area contributed by atoms with E-state index < -0.39 is 5.60 Å². The van der Waals surface area contributed by atoms with E-state index in [-0.39, 0.29) is 41.9 Å². The standard InChI is InChI=1S/C35H43N7O4/c1-18(37-33(43)23-15-35(3,45)16-23)26-9-7-21-11-28(40(32(21)38-26)17-20-5-6-20)31-19(2)41-29(39-31)12-22(13-30(41)46-4)34(44)42-24-8-10-27(42)25(36)14-24/h7,9,11-13,18,20,23-25,27,45H,5-6,8,10,14-17,36H2,1-4H3,(H,37,43)/t18-,23?,24+,25-,27-,35?/m1/s1. The van der Waals surface area contributed by atoms with Gasteiger partial charge in [-0.05, 0) is 95.9 Å². The van der Waals surface area contributed by atoms with Gasteiger partial charge in [-0.3, -0.25) is 14.0 Å². The van der Waals surface area contributed by atoms with Crippen molar-refractivity contribution < 1.29 is 19.4 Å². The topological polar surface area (TPSA) is 140 Å². The van der Waals surface area contributed by atoms with Crippen LogP contribution in [0.4, 0.5) is 0 Å². The molecule has 2 saturated heterocycles. The zero-order valence-corrected chi connectivity index (χ0v) is 27.0. The lowest BCUT2D eigenvalue weighted by atomic mass is 9.71. The quantitative estimate of drug-likeness (QED) is 0.268. The molecule has 4 aliphatic rings. The van der Waals surface area contributed by atoms with Gasteiger partial charge in [-0.15, -0.1) is 0 Å². The number of aryl methyl sites for hydroxylation is 1. The SMILES string of the molecule is COc1cc(C(=O)N2[C@H]3CC[C@@H]2[C@H](N)C3)cc2nc(-c3cc4ccc([C@@H](C)NC(=O)C5CC(C)(O)C5)nc4n3CC3CC3)c(C)n12. The zero-order valence-electron chi connectivity index (χ0n) is 27.0. The number of amides is 2. The van der Waals surface area contributed by atoms with E-state index in [0.717, 1.165) is 59.6 Å². The molecule has 6 heterocycles. The maximum atomic E-state index is 13.8. The highest BCUT2D eigenvalue weighted by Gasteiger charge is 2.47. The molecule has 2 bridgehead atoms. The number of aliphatic hydroxyl groups is 1. The van der Waals surface area contributed by atoms with Gasteiger partial charge in [-0.2, -0.15) is 0 Å². The van der Waals surface area contributed by atoms with Crippen LogP contribution in [0, 0.1) is 18.8 Å². The smallest absolute Gasteiger partial charge is 0.254 e. The number of nitrogens with two attached hydrogens (primary N) is 1. The van der Waals surface area contributed by atoms with Crippen molar-refractivity contribution >= 4 is 28.5 Å². The number of methoxy groups -OCH3 is 1. The average Bonchev–Trinajstić information content (AvgIpc) is 3.33. The number of hydrogen-bond acceptors (Lipinski definition) is 7. The Balaban J connectivity index is 1.15. The van der Waals surface area contributed by atoms with Gasteiger partial charge in [0.05, 0.1) is 35.8 Å². The molecule has 2 amide bonds. The number of fused-ring (bicyclic) bond motifs is 4. The summed E-state index contributed by atoms with van der Waals surface area (Å²) in [6.07, 6.45) is 6.16. The first kappa shape index (κ1) is 29.4. The predicted octanol–water partition coefficient (Wildman–Crippen LogP) is 4.12. The minimum atomic E-state index is -0.749. The Kier molecular flexibility index (Phi) is 6.74. The van der Waals surface area contributed by atoms with Crippen molar-refractivity contribution in [3.8, 4) is 17.3 Å². The molecular weight excluding hydrogens is 582 g/mol. The fourth-order valence-corrected chi connectivity index (χ4v) is 8.21. The van der Waals surface area contributed by atoms with E-state index in [1.807, 2.05) is 41.3 Å². The summed E-state index contributed by atoms with van der Waals surface area (Å²) in [5.74, 6) is 0.937. The molecule has 4 atom stereocenters. The van der Waals surface area contributed by atoms with Crippen molar-refractivity contribution in [2.24, 2.45) is 17.6 Å². The van der Waals surface area contributed by atoms with Crippen molar-refractivity contribution in [2.75, 3.05) is 7.11 Å². The molecule has 11 nitrogen and oxygen atoms in total. The molecule has 0 aromatic carbocycles. The normalized spacial score (nSPS) is 27.7. The summed E-state index contributed by atoms with van der Waals surface area (Å²) in [6, 6.07) is 9.95. The van der Waals surface area contributed by atoms with E-state index >= 15 is 0 Å². The summed E-state index contributed by atoms with van der Waals surface area (Å²) < 4.78 is 10.1. The fourth-order valence-electron chi connectivity index (χ4n) is 8.21. The fraction of sp³-hybridized carbons (Fsp3) is 0.543. The Bertz CT molecular complexity index is 1880. The minimum absolute atomic E-state index is 0.00747. The summed E-state index contributed by atoms with van der Waals surface area (Å²) in [5.41, 5.74) is 11.2. The number of nitrogens with zero attached hydrogens (tertiary/aromatic N) is 5. The predicted molar refractivity (Wildman–Crippen MR) is 173 cm³/mol. The second-order valence-corrected chi connectivity index (χ2v) is 14.5. The highest BCUT2D eigenvalue weighted by atomic mass is 16.5. The van der Waals surface area contributed by atoms with Crippen molar-refractivity contribution in [3.05, 3.63) is 47.3 Å². The number of hydrogen-bond donors (Lipinski definition) is 3. The van der Waals surface area contributed by atoms with Crippen LogP contribution in [0.2, 0.25) is 0 Å². The van der Waals surface area contributed by atoms with Crippen LogP contribution in [0.1, 0.15) is 86.6 Å². The third kappa shape index (κ3) is 4.78. The second kappa shape index (κ2) is 10.5. The van der Waals surface area contributed by atoms with Crippen LogP contribution in [0.25, 0.3) is 28.1 Å². The largest absolute Gasteiger partial charge is 0.482 e. The van der Waals surface area contributed by atoms with Gasteiger partial charge in [-0.1, -0.05) is 0 Å². The van der Waals surface area contributed by atoms with Gasteiger partial charge in [0, 0.05) is 47.6 Å². The average molecular weight is 626 g/mol. The van der Waals surface area contributed by atoms with E-state index in [1.54, 1.807) is 14.0 Å². The van der Waals surface area contributed by atoms with Crippen LogP contribution < -0.4 is 15.8 Å². The zero-order chi connectivity index (χ0) is 32.1. The number of nitrogens with one attached hydrogen (secondary N) is 1. The molecule has 4 aromatic heterocycles. The van der Waals surface area contributed by atoms with Crippen LogP contribution in [0.3, 0.4) is 0 Å². The Morgan fingerprint density at radius 1 is 1.15 bits per heavy atom. The van der Waals surface area contributed by atoms with Crippen LogP contribution in [0.15, 0.2) is 30.3 Å². The summed E-state index contributed by atoms with van der Waals surface area (Å²) in [7, 11) is 1.63. The van der Waals surface area contributed by atoms with E-state index in [9.17, 15) is 14.7 Å². The lowest BCUT2D eigenvalue weighted by molar-refractivity contribution is -0.139. The molecular formula is C35H43N7O4. The number of imidazole rings is 1. The molecule has 2 aliphatic carbocycles. The summed E-state index contributed by atoms with van der Waals surface area (Å²) in [5, 5.41) is 14.2. The number of pyridine rings is 2. The van der Waals surface area contributed by atoms with Crippen LogP contribution in [-0.2, 0) is 11.3 Å². The van der Waals surface area contributed by atoms with Crippen molar-refractivity contribution in [1.29, 1.82) is 0 Å². The molecule has 46 heavy (non-hydrogen) atoms. The molecule has 0 radical (unpaired) electrons. The van der Waals surface area contributed by atoms with Crippen molar-refractivity contribution in [3.63, 3.8) is 0 Å². The van der Waals surface area contributed by atoms with Gasteiger partial charge in [0.1, 0.15) is 17.0 Å². The molecule has 4 N–H and O–H groups in total. The third-order valence-corrected chi connectivity index (χ3v) is 10.9. The highest BCUT2D eigenvalue weighted by molar-refractivity contribution is 5.97. The summed E-state index contributed by atoms with van der Waals surface area (Å²) >= 11 is 0. The summed E-state index contributed by atoms with van der Waals surface area (Å²) in [4.78, 5) is 38.8. The van der Waals surface area contributed by atoms with E-state index in [1.165, 1.54) is 12.8 Å². The molecule has 242 valence electrons. The number of carbonyl (C=O) groups is 2. The Morgan fingerprint density at radius 3 is 2.59 bits per heavy atom. The Labute approximate surface area is 268 Å². The van der Waals surface area contributed by atoms with Crippen LogP contribution >= 0.6 is 0 Å². The monoisotopic (exact) mass is 625 g/mol. The number of aromatic nitrogens is 4. The van der Waals surface area contributed by atoms with Gasteiger partial charge in [0.15, 0.2) is 5.88 Å². The van der Waals surface area contributed by atoms with Crippen molar-refractivity contribution in [2.45, 2.75) is 102 Å². The molecule has 2 aliphatic heterocycles. The van der Waals surface area contributed by atoms with E-state index in [4.69, 9.17) is 20.4 Å². The molecule has 0 unspecified atom stereocenters. The number of carbonyl (C=O) groups excluding carboxylic acids is 2. The van der Waals surface area contributed by atoms with Gasteiger partial charge < -0.3 is 30.4 Å². The highest BCUT2D eigenvalue weighted by Crippen LogP contribution is 2.41. The second-order valence-electron chi connectivity index (χ2n) is 14.5. The molecule has 4 aromatic rings. The van der Waals surface area contributed by atoms with Crippen LogP contribution in [0.5, 0.6) is 5.88 Å². The van der Waals surface area contributed by atoms with Gasteiger partial charge in [0.2, 0.25) is 5.91 Å². The van der Waals surface area contributed by atoms with E-state index in [0.29, 0.717) is 35.9 Å². The van der Waals surface area contributed by atoms with Gasteiger partial charge >= 0.3 is 0 Å². The Hall–Kier alpha value is -3.96. The van der Waals surface area contributed by atoms with Crippen molar-refractivity contribution in [1.82, 2.24) is 29.2 Å². The molecule has 0 spiro atoms. The molecule has 2 saturated carbocycles. The first-order valence-corrected chi connectivity index (χ1v) is 16.7. The minimum Gasteiger partial charge on any atom is -0.482 e. The van der Waals surface area contributed by atoms with E-state index in [2.05, 4.69) is 22.0 Å². The number of ether oxygens (including phenoxy) is 1. The van der Waals surface area contributed by atoms with Gasteiger partial charge in [0.25, 0.3) is 5.91 Å². The molecule has 11 heteroatoms. The third-order valence-electron chi connectivity index (χ3n) is 10.9. The first-order valence-electron chi connectivity index (χ1n) is 16.7. The van der Waals surface area contributed by atoms with Crippen LogP contribution in [-0.4, -0.2) is 71.6 Å². The van der Waals surface area contributed by atoms with Gasteiger partial charge in [-0.25, -0.2) is 9.97 Å². The lowest BCUT2D eigenvalue weighted by Gasteiger charge is -2.40. The first-order chi connectivity index (χ1) is 22.0. The molecule has 8 rings (SSSR count). The Morgan fingerprint density at radius 2 is 1.93 bits per heavy atom. The molecule has 4 fully saturated rings.